The quantitative estimate of drug-likeness (QED) is 0.505. The molecule has 0 heterocycles. The number of alkyl carbamates (subject to hydrolysis) is 1. The fourth-order valence-corrected chi connectivity index (χ4v) is 2.86. The van der Waals surface area contributed by atoms with Crippen molar-refractivity contribution in [1.82, 2.24) is 5.32 Å². The van der Waals surface area contributed by atoms with E-state index in [9.17, 15) is 9.90 Å². The normalized spacial score (nSPS) is 13.2. The third-order valence-electron chi connectivity index (χ3n) is 4.61. The minimum atomic E-state index is -0.754. The number of para-hydroxylation sites is 1. The Hall–Kier alpha value is -2.73. The molecule has 2 N–H and O–H groups in total. The van der Waals surface area contributed by atoms with Crippen LogP contribution in [0.2, 0.25) is 0 Å². The van der Waals surface area contributed by atoms with Gasteiger partial charge >= 0.3 is 6.09 Å². The van der Waals surface area contributed by atoms with Crippen LogP contribution in [0.3, 0.4) is 0 Å². The van der Waals surface area contributed by atoms with Gasteiger partial charge in [-0.15, -0.1) is 0 Å². The number of nitrogens with one attached hydrogen (secondary N) is 1. The van der Waals surface area contributed by atoms with Gasteiger partial charge in [0.1, 0.15) is 17.1 Å². The first kappa shape index (κ1) is 24.5. The van der Waals surface area contributed by atoms with Crippen molar-refractivity contribution in [2.45, 2.75) is 58.1 Å². The molecule has 0 radical (unpaired) electrons. The Morgan fingerprint density at radius 3 is 2.03 bits per heavy atom. The van der Waals surface area contributed by atoms with Crippen molar-refractivity contribution in [2.24, 2.45) is 0 Å². The number of carbonyl (C=O) groups excluding carboxylic acids is 1. The fraction of sp³-hybridized carbons (Fsp3) is 0.480. The van der Waals surface area contributed by atoms with Crippen molar-refractivity contribution in [2.75, 3.05) is 19.8 Å². The zero-order valence-electron chi connectivity index (χ0n) is 19.0. The van der Waals surface area contributed by atoms with Gasteiger partial charge < -0.3 is 24.6 Å². The number of amides is 1. The maximum atomic E-state index is 12.0. The van der Waals surface area contributed by atoms with Gasteiger partial charge in [0.15, 0.2) is 0 Å². The molecule has 6 heteroatoms. The highest BCUT2D eigenvalue weighted by Crippen LogP contribution is 2.18. The van der Waals surface area contributed by atoms with E-state index in [1.807, 2.05) is 82.3 Å². The summed E-state index contributed by atoms with van der Waals surface area (Å²) in [5.41, 5.74) is -0.231. The van der Waals surface area contributed by atoms with E-state index >= 15 is 0 Å². The molecule has 2 aromatic rings. The van der Waals surface area contributed by atoms with E-state index in [4.69, 9.17) is 14.2 Å². The zero-order valence-corrected chi connectivity index (χ0v) is 19.0. The molecule has 1 amide bonds. The zero-order chi connectivity index (χ0) is 22.7. The lowest BCUT2D eigenvalue weighted by molar-refractivity contribution is 0.0407. The van der Waals surface area contributed by atoms with E-state index in [2.05, 4.69) is 5.32 Å². The smallest absolute Gasteiger partial charge is 0.408 e. The first-order valence-electron chi connectivity index (χ1n) is 10.7. The van der Waals surface area contributed by atoms with Crippen LogP contribution in [0.15, 0.2) is 54.6 Å². The number of aliphatic hydroxyl groups is 1. The average molecular weight is 430 g/mol. The largest absolute Gasteiger partial charge is 0.493 e. The molecule has 0 saturated carbocycles. The van der Waals surface area contributed by atoms with Crippen molar-refractivity contribution in [3.8, 4) is 11.5 Å². The number of carbonyl (C=O) groups is 1. The van der Waals surface area contributed by atoms with Crippen molar-refractivity contribution in [1.29, 1.82) is 0 Å². The molecule has 0 bridgehead atoms. The lowest BCUT2D eigenvalue weighted by Crippen LogP contribution is -2.50. The monoisotopic (exact) mass is 429 g/mol. The minimum absolute atomic E-state index is 0.168. The summed E-state index contributed by atoms with van der Waals surface area (Å²) in [4.78, 5) is 12.0. The van der Waals surface area contributed by atoms with Gasteiger partial charge in [0.25, 0.3) is 0 Å². The standard InChI is InChI=1S/C25H35NO5/c1-24(2,3)31-23(28)26-25(4,19-27)16-15-20-11-13-22(14-12-20)30-18-8-17-29-21-9-6-5-7-10-21/h5-7,9-14,27H,8,15-19H2,1-4H3,(H,26,28)/t25-/m1/s1. The number of hydrogen-bond donors (Lipinski definition) is 2. The van der Waals surface area contributed by atoms with Gasteiger partial charge in [-0.2, -0.15) is 0 Å². The topological polar surface area (TPSA) is 77.0 Å². The first-order valence-corrected chi connectivity index (χ1v) is 10.7. The summed E-state index contributed by atoms with van der Waals surface area (Å²) >= 11 is 0. The number of aliphatic hydroxyl groups excluding tert-OH is 1. The van der Waals surface area contributed by atoms with Gasteiger partial charge in [0, 0.05) is 6.42 Å². The predicted molar refractivity (Wildman–Crippen MR) is 122 cm³/mol. The van der Waals surface area contributed by atoms with Crippen LogP contribution in [0.4, 0.5) is 4.79 Å². The Kier molecular flexibility index (Phi) is 9.19. The Bertz CT molecular complexity index is 786. The van der Waals surface area contributed by atoms with Crippen LogP contribution < -0.4 is 14.8 Å². The second kappa shape index (κ2) is 11.6. The van der Waals surface area contributed by atoms with Crippen molar-refractivity contribution >= 4 is 6.09 Å². The molecule has 2 rings (SSSR count). The molecule has 6 nitrogen and oxygen atoms in total. The van der Waals surface area contributed by atoms with Crippen molar-refractivity contribution in [3.63, 3.8) is 0 Å². The third kappa shape index (κ3) is 9.75. The highest BCUT2D eigenvalue weighted by molar-refractivity contribution is 5.68. The van der Waals surface area contributed by atoms with E-state index in [0.717, 1.165) is 23.5 Å². The van der Waals surface area contributed by atoms with Crippen molar-refractivity contribution in [3.05, 3.63) is 60.2 Å². The van der Waals surface area contributed by atoms with Crippen LogP contribution >= 0.6 is 0 Å². The third-order valence-corrected chi connectivity index (χ3v) is 4.61. The van der Waals surface area contributed by atoms with E-state index in [-0.39, 0.29) is 6.61 Å². The van der Waals surface area contributed by atoms with Gasteiger partial charge in [0.2, 0.25) is 0 Å². The SMILES string of the molecule is CC(C)(C)OC(=O)N[C@@](C)(CO)CCc1ccc(OCCCOc2ccccc2)cc1. The fourth-order valence-electron chi connectivity index (χ4n) is 2.86. The molecule has 170 valence electrons. The molecule has 0 aromatic heterocycles. The lowest BCUT2D eigenvalue weighted by Gasteiger charge is -2.30. The lowest BCUT2D eigenvalue weighted by atomic mass is 9.94. The van der Waals surface area contributed by atoms with Gasteiger partial charge in [-0.3, -0.25) is 0 Å². The van der Waals surface area contributed by atoms with Crippen LogP contribution in [0.5, 0.6) is 11.5 Å². The summed E-state index contributed by atoms with van der Waals surface area (Å²) < 4.78 is 16.7. The summed E-state index contributed by atoms with van der Waals surface area (Å²) in [5.74, 6) is 1.67. The molecule has 31 heavy (non-hydrogen) atoms. The Morgan fingerprint density at radius 1 is 0.903 bits per heavy atom. The molecule has 0 aliphatic carbocycles. The first-order chi connectivity index (χ1) is 14.7. The number of hydrogen-bond acceptors (Lipinski definition) is 5. The van der Waals surface area contributed by atoms with E-state index in [0.29, 0.717) is 26.1 Å². The van der Waals surface area contributed by atoms with Gasteiger partial charge in [-0.1, -0.05) is 30.3 Å². The molecule has 0 spiro atoms. The van der Waals surface area contributed by atoms with Gasteiger partial charge in [-0.25, -0.2) is 4.79 Å². The summed E-state index contributed by atoms with van der Waals surface area (Å²) in [6.45, 7) is 8.25. The highest BCUT2D eigenvalue weighted by atomic mass is 16.6. The molecule has 0 saturated heterocycles. The molecule has 1 atom stereocenters. The number of rotatable bonds is 11. The second-order valence-corrected chi connectivity index (χ2v) is 8.85. The van der Waals surface area contributed by atoms with E-state index < -0.39 is 17.2 Å². The van der Waals surface area contributed by atoms with Crippen LogP contribution in [-0.4, -0.2) is 42.2 Å². The molecular weight excluding hydrogens is 394 g/mol. The maximum absolute atomic E-state index is 12.0. The summed E-state index contributed by atoms with van der Waals surface area (Å²) in [5, 5.41) is 12.6. The van der Waals surface area contributed by atoms with Crippen molar-refractivity contribution < 1.29 is 24.1 Å². The summed E-state index contributed by atoms with van der Waals surface area (Å²) in [6, 6.07) is 17.6. The Balaban J connectivity index is 1.72. The van der Waals surface area contributed by atoms with Gasteiger partial charge in [0.05, 0.1) is 25.4 Å². The molecule has 0 unspecified atom stereocenters. The maximum Gasteiger partial charge on any atom is 0.408 e. The number of benzene rings is 2. The van der Waals surface area contributed by atoms with Crippen LogP contribution in [0.1, 0.15) is 46.1 Å². The van der Waals surface area contributed by atoms with E-state index in [1.165, 1.54) is 0 Å². The Labute approximate surface area is 185 Å². The molecular formula is C25H35NO5. The molecule has 0 fully saturated rings. The minimum Gasteiger partial charge on any atom is -0.493 e. The predicted octanol–water partition coefficient (Wildman–Crippen LogP) is 4.74. The van der Waals surface area contributed by atoms with Gasteiger partial charge in [-0.05, 0) is 70.4 Å². The van der Waals surface area contributed by atoms with E-state index in [1.54, 1.807) is 0 Å². The second-order valence-electron chi connectivity index (χ2n) is 8.85. The highest BCUT2D eigenvalue weighted by Gasteiger charge is 2.28. The van der Waals surface area contributed by atoms with Crippen LogP contribution in [-0.2, 0) is 11.2 Å². The number of aryl methyl sites for hydroxylation is 1. The summed E-state index contributed by atoms with van der Waals surface area (Å²) in [6.07, 6.45) is 1.56. The Morgan fingerprint density at radius 2 is 1.48 bits per heavy atom. The van der Waals surface area contributed by atoms with Crippen LogP contribution in [0.25, 0.3) is 0 Å². The molecule has 2 aromatic carbocycles. The number of ether oxygens (including phenoxy) is 3. The average Bonchev–Trinajstić information content (AvgIpc) is 2.72. The van der Waals surface area contributed by atoms with Crippen LogP contribution in [0, 0.1) is 0 Å². The summed E-state index contributed by atoms with van der Waals surface area (Å²) in [7, 11) is 0. The molecule has 0 aliphatic rings. The molecule has 0 aliphatic heterocycles.